The monoisotopic (exact) mass is 471 g/mol. The van der Waals surface area contributed by atoms with Gasteiger partial charge in [0.05, 0.1) is 34.7 Å². The second kappa shape index (κ2) is 9.07. The molecule has 1 saturated heterocycles. The molecule has 0 N–H and O–H groups in total. The molecule has 7 nitrogen and oxygen atoms in total. The van der Waals surface area contributed by atoms with Crippen molar-refractivity contribution in [2.75, 3.05) is 24.3 Å². The lowest BCUT2D eigenvalue weighted by atomic mass is 10.1. The van der Waals surface area contributed by atoms with Gasteiger partial charge >= 0.3 is 0 Å². The molecule has 0 spiro atoms. The number of para-hydroxylation sites is 1. The number of aryl methyl sites for hydroxylation is 1. The molecular weight excluding hydrogens is 446 g/mol. The zero-order chi connectivity index (χ0) is 22.9. The number of carbonyl (C=O) groups excluding carboxylic acids is 1. The van der Waals surface area contributed by atoms with Gasteiger partial charge in [-0.2, -0.15) is 0 Å². The van der Waals surface area contributed by atoms with Crippen molar-refractivity contribution in [2.24, 2.45) is 0 Å². The van der Waals surface area contributed by atoms with Gasteiger partial charge in [0.15, 0.2) is 15.0 Å². The summed E-state index contributed by atoms with van der Waals surface area (Å²) in [6.07, 6.45) is 0.460. The summed E-state index contributed by atoms with van der Waals surface area (Å²) < 4.78 is 25.1. The van der Waals surface area contributed by atoms with Gasteiger partial charge in [0, 0.05) is 13.1 Å². The lowest BCUT2D eigenvalue weighted by Crippen LogP contribution is -2.39. The van der Waals surface area contributed by atoms with Crippen LogP contribution in [0.2, 0.25) is 0 Å². The molecule has 0 saturated carbocycles. The maximum Gasteiger partial charge on any atom is 0.262 e. The third-order valence-electron chi connectivity index (χ3n) is 5.76. The van der Waals surface area contributed by atoms with Crippen LogP contribution in [0.15, 0.2) is 58.5 Å². The summed E-state index contributed by atoms with van der Waals surface area (Å²) in [6, 6.07) is 14.8. The molecule has 32 heavy (non-hydrogen) atoms. The molecule has 0 bridgehead atoms. The van der Waals surface area contributed by atoms with E-state index in [1.807, 2.05) is 43.3 Å². The second-order valence-electron chi connectivity index (χ2n) is 8.14. The minimum atomic E-state index is -3.07. The number of aromatic nitrogens is 2. The highest BCUT2D eigenvalue weighted by atomic mass is 32.2. The Morgan fingerprint density at radius 3 is 2.59 bits per heavy atom. The molecule has 1 fully saturated rings. The summed E-state index contributed by atoms with van der Waals surface area (Å²) in [4.78, 5) is 32.2. The minimum Gasteiger partial charge on any atom is -0.341 e. The van der Waals surface area contributed by atoms with E-state index in [4.69, 9.17) is 0 Å². The van der Waals surface area contributed by atoms with E-state index >= 15 is 0 Å². The molecule has 2 heterocycles. The summed E-state index contributed by atoms with van der Waals surface area (Å²) in [6.45, 7) is 2.36. The number of nitrogens with zero attached hydrogens (tertiary/aromatic N) is 3. The van der Waals surface area contributed by atoms with Crippen molar-refractivity contribution in [3.63, 3.8) is 0 Å². The van der Waals surface area contributed by atoms with Crippen LogP contribution in [-0.2, 0) is 21.2 Å². The van der Waals surface area contributed by atoms with Crippen molar-refractivity contribution in [2.45, 2.75) is 31.1 Å². The first-order valence-corrected chi connectivity index (χ1v) is 13.2. The second-order valence-corrected chi connectivity index (χ2v) is 11.3. The fourth-order valence-electron chi connectivity index (χ4n) is 3.79. The fraction of sp³-hybridized carbons (Fsp3) is 0.348. The molecule has 1 aliphatic rings. The van der Waals surface area contributed by atoms with E-state index in [-0.39, 0.29) is 34.8 Å². The Balaban J connectivity index is 1.60. The van der Waals surface area contributed by atoms with Crippen LogP contribution in [0.4, 0.5) is 0 Å². The third kappa shape index (κ3) is 4.88. The highest BCUT2D eigenvalue weighted by molar-refractivity contribution is 7.99. The number of rotatable bonds is 6. The molecular formula is C23H25N3O4S2. The van der Waals surface area contributed by atoms with Crippen LogP contribution in [0.25, 0.3) is 10.9 Å². The number of sulfone groups is 1. The van der Waals surface area contributed by atoms with Crippen LogP contribution in [-0.4, -0.2) is 59.1 Å². The van der Waals surface area contributed by atoms with Gasteiger partial charge in [-0.1, -0.05) is 53.7 Å². The molecule has 1 atom stereocenters. The number of hydrogen-bond acceptors (Lipinski definition) is 6. The smallest absolute Gasteiger partial charge is 0.262 e. The van der Waals surface area contributed by atoms with Crippen LogP contribution in [0.3, 0.4) is 0 Å². The van der Waals surface area contributed by atoms with Crippen molar-refractivity contribution in [1.82, 2.24) is 14.5 Å². The number of benzene rings is 2. The van der Waals surface area contributed by atoms with E-state index in [9.17, 15) is 18.0 Å². The highest BCUT2D eigenvalue weighted by Crippen LogP contribution is 2.22. The van der Waals surface area contributed by atoms with Crippen molar-refractivity contribution in [1.29, 1.82) is 0 Å². The topological polar surface area (TPSA) is 89.3 Å². The SMILES string of the molecule is Cc1ccc(Cn2c(SCC(=O)N(C)[C@@H]3CCS(=O)(=O)C3)nc3ccccc3c2=O)cc1. The average molecular weight is 472 g/mol. The Morgan fingerprint density at radius 1 is 1.19 bits per heavy atom. The first kappa shape index (κ1) is 22.5. The van der Waals surface area contributed by atoms with Gasteiger partial charge < -0.3 is 4.90 Å². The Hall–Kier alpha value is -2.65. The number of thioether (sulfide) groups is 1. The number of carbonyl (C=O) groups is 1. The first-order valence-electron chi connectivity index (χ1n) is 10.4. The van der Waals surface area contributed by atoms with Gasteiger partial charge in [-0.15, -0.1) is 0 Å². The largest absolute Gasteiger partial charge is 0.341 e. The predicted molar refractivity (Wildman–Crippen MR) is 127 cm³/mol. The van der Waals surface area contributed by atoms with E-state index in [1.54, 1.807) is 23.7 Å². The molecule has 1 aliphatic heterocycles. The van der Waals surface area contributed by atoms with E-state index in [0.717, 1.165) is 11.1 Å². The quantitative estimate of drug-likeness (QED) is 0.405. The van der Waals surface area contributed by atoms with Gasteiger partial charge in [-0.05, 0) is 31.0 Å². The molecule has 2 aromatic carbocycles. The van der Waals surface area contributed by atoms with E-state index in [1.165, 1.54) is 16.7 Å². The van der Waals surface area contributed by atoms with Crippen LogP contribution >= 0.6 is 11.8 Å². The summed E-state index contributed by atoms with van der Waals surface area (Å²) in [5, 5.41) is 0.999. The Labute approximate surface area is 191 Å². The maximum atomic E-state index is 13.2. The number of amides is 1. The zero-order valence-electron chi connectivity index (χ0n) is 18.0. The van der Waals surface area contributed by atoms with Crippen LogP contribution < -0.4 is 5.56 Å². The molecule has 3 aromatic rings. The maximum absolute atomic E-state index is 13.2. The van der Waals surface area contributed by atoms with E-state index < -0.39 is 9.84 Å². The van der Waals surface area contributed by atoms with Crippen LogP contribution in [0, 0.1) is 6.92 Å². The molecule has 168 valence electrons. The van der Waals surface area contributed by atoms with Gasteiger partial charge in [0.1, 0.15) is 0 Å². The Bertz CT molecular complexity index is 1320. The lowest BCUT2D eigenvalue weighted by molar-refractivity contribution is -0.128. The molecule has 0 unspecified atom stereocenters. The van der Waals surface area contributed by atoms with Crippen LogP contribution in [0.5, 0.6) is 0 Å². The summed E-state index contributed by atoms with van der Waals surface area (Å²) >= 11 is 1.20. The Morgan fingerprint density at radius 2 is 1.91 bits per heavy atom. The van der Waals surface area contributed by atoms with E-state index in [2.05, 4.69) is 4.98 Å². The summed E-state index contributed by atoms with van der Waals surface area (Å²) in [5.41, 5.74) is 2.54. The molecule has 1 amide bonds. The Kier molecular flexibility index (Phi) is 6.39. The van der Waals surface area contributed by atoms with Gasteiger partial charge in [0.25, 0.3) is 5.56 Å². The first-order chi connectivity index (χ1) is 15.2. The molecule has 4 rings (SSSR count). The lowest BCUT2D eigenvalue weighted by Gasteiger charge is -2.23. The van der Waals surface area contributed by atoms with E-state index in [0.29, 0.717) is 29.0 Å². The van der Waals surface area contributed by atoms with Crippen molar-refractivity contribution in [3.05, 3.63) is 70.0 Å². The van der Waals surface area contributed by atoms with Gasteiger partial charge in [-0.3, -0.25) is 14.2 Å². The highest BCUT2D eigenvalue weighted by Gasteiger charge is 2.32. The van der Waals surface area contributed by atoms with Gasteiger partial charge in [-0.25, -0.2) is 13.4 Å². The number of hydrogen-bond donors (Lipinski definition) is 0. The summed E-state index contributed by atoms with van der Waals surface area (Å²) in [5.74, 6) is 0.0179. The standard InChI is InChI=1S/C23H25N3O4S2/c1-16-7-9-17(10-8-16)13-26-22(28)19-5-3-4-6-20(19)24-23(26)31-14-21(27)25(2)18-11-12-32(29,30)15-18/h3-10,18H,11-15H2,1-2H3/t18-/m1/s1. The molecule has 1 aromatic heterocycles. The van der Waals surface area contributed by atoms with Crippen molar-refractivity contribution >= 4 is 38.4 Å². The third-order valence-corrected chi connectivity index (χ3v) is 8.47. The molecule has 0 aliphatic carbocycles. The molecule has 0 radical (unpaired) electrons. The van der Waals surface area contributed by atoms with Gasteiger partial charge in [0.2, 0.25) is 5.91 Å². The zero-order valence-corrected chi connectivity index (χ0v) is 19.7. The van der Waals surface area contributed by atoms with Crippen molar-refractivity contribution < 1.29 is 13.2 Å². The minimum absolute atomic E-state index is 0.00621. The van der Waals surface area contributed by atoms with Crippen LogP contribution in [0.1, 0.15) is 17.5 Å². The number of fused-ring (bicyclic) bond motifs is 1. The molecule has 9 heteroatoms. The summed E-state index contributed by atoms with van der Waals surface area (Å²) in [7, 11) is -1.43. The van der Waals surface area contributed by atoms with Crippen molar-refractivity contribution in [3.8, 4) is 0 Å². The normalized spacial score (nSPS) is 17.5. The predicted octanol–water partition coefficient (Wildman–Crippen LogP) is 2.49. The average Bonchev–Trinajstić information content (AvgIpc) is 3.14. The fourth-order valence-corrected chi connectivity index (χ4v) is 6.48.